The third-order valence-corrected chi connectivity index (χ3v) is 4.76. The Bertz CT molecular complexity index is 495. The lowest BCUT2D eigenvalue weighted by Gasteiger charge is -2.37. The molecule has 0 aromatic carbocycles. The second kappa shape index (κ2) is 6.46. The average Bonchev–Trinajstić information content (AvgIpc) is 2.50. The molecule has 0 atom stereocenters. The quantitative estimate of drug-likeness (QED) is 0.857. The number of hydrogen-bond donors (Lipinski definition) is 0. The van der Waals surface area contributed by atoms with Crippen LogP contribution in [-0.2, 0) is 4.79 Å². The average molecular weight is 287 g/mol. The molecule has 114 valence electrons. The Balaban J connectivity index is 1.52. The van der Waals surface area contributed by atoms with Gasteiger partial charge in [0.2, 0.25) is 5.91 Å². The Morgan fingerprint density at radius 2 is 2.05 bits per heavy atom. The topological polar surface area (TPSA) is 36.4 Å². The summed E-state index contributed by atoms with van der Waals surface area (Å²) in [7, 11) is 0. The minimum absolute atomic E-state index is 0.369. The maximum absolute atomic E-state index is 11.9. The van der Waals surface area contributed by atoms with Gasteiger partial charge in [-0.3, -0.25) is 9.78 Å². The zero-order valence-electron chi connectivity index (χ0n) is 12.9. The molecule has 0 spiro atoms. The van der Waals surface area contributed by atoms with Crippen molar-refractivity contribution in [3.8, 4) is 0 Å². The van der Waals surface area contributed by atoms with Crippen LogP contribution in [0.25, 0.3) is 0 Å². The number of pyridine rings is 1. The molecule has 3 rings (SSSR count). The van der Waals surface area contributed by atoms with Gasteiger partial charge in [0.15, 0.2) is 0 Å². The van der Waals surface area contributed by atoms with Gasteiger partial charge in [0.05, 0.1) is 0 Å². The summed E-state index contributed by atoms with van der Waals surface area (Å²) in [6, 6.07) is 4.26. The van der Waals surface area contributed by atoms with Crippen LogP contribution in [0.3, 0.4) is 0 Å². The van der Waals surface area contributed by atoms with Crippen LogP contribution >= 0.6 is 0 Å². The number of rotatable bonds is 3. The Labute approximate surface area is 127 Å². The van der Waals surface area contributed by atoms with Crippen molar-refractivity contribution in [1.29, 1.82) is 0 Å². The molecule has 1 aromatic heterocycles. The molecule has 0 bridgehead atoms. The Morgan fingerprint density at radius 1 is 1.24 bits per heavy atom. The summed E-state index contributed by atoms with van der Waals surface area (Å²) < 4.78 is 0. The van der Waals surface area contributed by atoms with Crippen molar-refractivity contribution in [2.45, 2.75) is 39.0 Å². The Morgan fingerprint density at radius 3 is 2.76 bits per heavy atom. The molecule has 3 heterocycles. The highest BCUT2D eigenvalue weighted by Crippen LogP contribution is 2.25. The minimum atomic E-state index is 0.369. The van der Waals surface area contributed by atoms with Crippen LogP contribution in [0.2, 0.25) is 0 Å². The van der Waals surface area contributed by atoms with Gasteiger partial charge in [-0.1, -0.05) is 0 Å². The summed E-state index contributed by atoms with van der Waals surface area (Å²) in [6.45, 7) is 6.18. The molecule has 0 aliphatic carbocycles. The molecular weight excluding hydrogens is 262 g/mol. The van der Waals surface area contributed by atoms with E-state index < -0.39 is 0 Å². The highest BCUT2D eigenvalue weighted by atomic mass is 16.2. The van der Waals surface area contributed by atoms with E-state index in [1.165, 1.54) is 24.9 Å². The zero-order chi connectivity index (χ0) is 14.7. The smallest absolute Gasteiger partial charge is 0.222 e. The maximum Gasteiger partial charge on any atom is 0.222 e. The lowest BCUT2D eigenvalue weighted by Crippen LogP contribution is -2.42. The SMILES string of the molecule is Cc1cc(N2CCC(CN3CCCCC3=O)CC2)ccn1. The van der Waals surface area contributed by atoms with Crippen LogP contribution in [0, 0.1) is 12.8 Å². The van der Waals surface area contributed by atoms with E-state index in [0.717, 1.165) is 44.7 Å². The number of carbonyl (C=O) groups is 1. The van der Waals surface area contributed by atoms with Gasteiger partial charge < -0.3 is 9.80 Å². The fraction of sp³-hybridized carbons (Fsp3) is 0.647. The standard InChI is InChI=1S/C17H25N3O/c1-14-12-16(5-8-18-14)19-10-6-15(7-11-19)13-20-9-3-2-4-17(20)21/h5,8,12,15H,2-4,6-7,9-11,13H2,1H3. The summed E-state index contributed by atoms with van der Waals surface area (Å²) in [5.74, 6) is 1.04. The van der Waals surface area contributed by atoms with E-state index >= 15 is 0 Å². The molecule has 1 aromatic rings. The number of amides is 1. The number of likely N-dealkylation sites (tertiary alicyclic amines) is 1. The molecule has 2 aliphatic heterocycles. The van der Waals surface area contributed by atoms with E-state index in [4.69, 9.17) is 0 Å². The monoisotopic (exact) mass is 287 g/mol. The molecule has 1 amide bonds. The second-order valence-corrected chi connectivity index (χ2v) is 6.38. The molecule has 21 heavy (non-hydrogen) atoms. The zero-order valence-corrected chi connectivity index (χ0v) is 12.9. The van der Waals surface area contributed by atoms with Crippen molar-refractivity contribution >= 4 is 11.6 Å². The maximum atomic E-state index is 11.9. The fourth-order valence-electron chi connectivity index (χ4n) is 3.47. The molecular formula is C17H25N3O. The second-order valence-electron chi connectivity index (χ2n) is 6.38. The number of nitrogens with zero attached hydrogens (tertiary/aromatic N) is 3. The lowest BCUT2D eigenvalue weighted by molar-refractivity contribution is -0.134. The van der Waals surface area contributed by atoms with Gasteiger partial charge in [-0.15, -0.1) is 0 Å². The molecule has 0 N–H and O–H groups in total. The Kier molecular flexibility index (Phi) is 4.42. The van der Waals surface area contributed by atoms with Gasteiger partial charge in [-0.2, -0.15) is 0 Å². The first-order valence-corrected chi connectivity index (χ1v) is 8.18. The summed E-state index contributed by atoms with van der Waals surface area (Å²) in [5.41, 5.74) is 2.36. The van der Waals surface area contributed by atoms with Crippen molar-refractivity contribution in [1.82, 2.24) is 9.88 Å². The van der Waals surface area contributed by atoms with Crippen molar-refractivity contribution in [3.63, 3.8) is 0 Å². The highest BCUT2D eigenvalue weighted by molar-refractivity contribution is 5.76. The molecule has 2 fully saturated rings. The first-order valence-electron chi connectivity index (χ1n) is 8.18. The third-order valence-electron chi connectivity index (χ3n) is 4.76. The summed E-state index contributed by atoms with van der Waals surface area (Å²) in [4.78, 5) is 20.7. The van der Waals surface area contributed by atoms with Crippen LogP contribution in [0.4, 0.5) is 5.69 Å². The van der Waals surface area contributed by atoms with Crippen LogP contribution in [0.15, 0.2) is 18.3 Å². The first-order chi connectivity index (χ1) is 10.2. The molecule has 0 saturated carbocycles. The number of carbonyl (C=O) groups excluding carboxylic acids is 1. The van der Waals surface area contributed by atoms with Gasteiger partial charge in [-0.25, -0.2) is 0 Å². The van der Waals surface area contributed by atoms with Gasteiger partial charge in [0.1, 0.15) is 0 Å². The molecule has 2 aliphatic rings. The van der Waals surface area contributed by atoms with Gasteiger partial charge >= 0.3 is 0 Å². The molecule has 4 heteroatoms. The summed E-state index contributed by atoms with van der Waals surface area (Å²) in [6.07, 6.45) is 7.28. The van der Waals surface area contributed by atoms with Crippen LogP contribution in [-0.4, -0.2) is 42.0 Å². The van der Waals surface area contributed by atoms with Crippen LogP contribution in [0.5, 0.6) is 0 Å². The van der Waals surface area contributed by atoms with Gasteiger partial charge in [0.25, 0.3) is 0 Å². The number of aromatic nitrogens is 1. The van der Waals surface area contributed by atoms with Crippen molar-refractivity contribution < 1.29 is 4.79 Å². The predicted octanol–water partition coefficient (Wildman–Crippen LogP) is 2.62. The number of piperidine rings is 2. The van der Waals surface area contributed by atoms with E-state index in [2.05, 4.69) is 26.9 Å². The van der Waals surface area contributed by atoms with Crippen LogP contribution < -0.4 is 4.90 Å². The molecule has 0 radical (unpaired) electrons. The van der Waals surface area contributed by atoms with E-state index in [0.29, 0.717) is 11.8 Å². The molecule has 2 saturated heterocycles. The highest BCUT2D eigenvalue weighted by Gasteiger charge is 2.25. The number of anilines is 1. The Hall–Kier alpha value is -1.58. The first kappa shape index (κ1) is 14.4. The normalized spacial score (nSPS) is 20.9. The van der Waals surface area contributed by atoms with E-state index in [1.54, 1.807) is 0 Å². The fourth-order valence-corrected chi connectivity index (χ4v) is 3.47. The van der Waals surface area contributed by atoms with E-state index in [9.17, 15) is 4.79 Å². The van der Waals surface area contributed by atoms with E-state index in [-0.39, 0.29) is 0 Å². The van der Waals surface area contributed by atoms with Crippen molar-refractivity contribution in [2.75, 3.05) is 31.1 Å². The predicted molar refractivity (Wildman–Crippen MR) is 84.3 cm³/mol. The van der Waals surface area contributed by atoms with Crippen molar-refractivity contribution in [2.24, 2.45) is 5.92 Å². The minimum Gasteiger partial charge on any atom is -0.371 e. The molecule has 4 nitrogen and oxygen atoms in total. The number of hydrogen-bond acceptors (Lipinski definition) is 3. The summed E-state index contributed by atoms with van der Waals surface area (Å²) in [5, 5.41) is 0. The molecule has 0 unspecified atom stereocenters. The van der Waals surface area contributed by atoms with E-state index in [1.807, 2.05) is 13.1 Å². The van der Waals surface area contributed by atoms with Gasteiger partial charge in [-0.05, 0) is 50.7 Å². The number of aryl methyl sites for hydroxylation is 1. The van der Waals surface area contributed by atoms with Crippen LogP contribution in [0.1, 0.15) is 37.8 Å². The third kappa shape index (κ3) is 3.55. The van der Waals surface area contributed by atoms with Gasteiger partial charge in [0, 0.05) is 50.2 Å². The lowest BCUT2D eigenvalue weighted by atomic mass is 9.95. The van der Waals surface area contributed by atoms with Crippen molar-refractivity contribution in [3.05, 3.63) is 24.0 Å². The largest absolute Gasteiger partial charge is 0.371 e. The summed E-state index contributed by atoms with van der Waals surface area (Å²) >= 11 is 0.